The van der Waals surface area contributed by atoms with Crippen LogP contribution in [0.4, 0.5) is 0 Å². The van der Waals surface area contributed by atoms with E-state index < -0.39 is 27.1 Å². The van der Waals surface area contributed by atoms with Gasteiger partial charge in [0.05, 0.1) is 11.7 Å². The summed E-state index contributed by atoms with van der Waals surface area (Å²) < 4.78 is 29.6. The first-order valence-corrected chi connectivity index (χ1v) is 20.2. The molecule has 0 amide bonds. The lowest BCUT2D eigenvalue weighted by Gasteiger charge is -2.46. The smallest absolute Gasteiger partial charge is 0.252 e. The van der Waals surface area contributed by atoms with Gasteiger partial charge in [-0.15, -0.1) is 11.3 Å². The number of carbonyl (C=O) groups excluding carboxylic acids is 1. The van der Waals surface area contributed by atoms with Crippen LogP contribution in [0.25, 0.3) is 11.1 Å². The first-order valence-electron chi connectivity index (χ1n) is 17.9. The molecule has 1 aromatic heterocycles. The fourth-order valence-corrected chi connectivity index (χ4v) is 11.0. The summed E-state index contributed by atoms with van der Waals surface area (Å²) in [5.74, 6) is -0.303. The van der Waals surface area contributed by atoms with Crippen molar-refractivity contribution in [1.82, 2.24) is 4.31 Å². The minimum absolute atomic E-state index is 0.0127. The average molecular weight is 712 g/mol. The molecule has 2 bridgehead atoms. The summed E-state index contributed by atoms with van der Waals surface area (Å²) >= 11 is 1.20. The van der Waals surface area contributed by atoms with E-state index in [-0.39, 0.29) is 22.5 Å². The zero-order chi connectivity index (χ0) is 35.5. The number of allylic oxidation sites excluding steroid dienone is 2. The number of ketones is 1. The maximum Gasteiger partial charge on any atom is 0.252 e. The average Bonchev–Trinajstić information content (AvgIpc) is 3.75. The first kappa shape index (κ1) is 36.4. The van der Waals surface area contributed by atoms with Crippen LogP contribution in [-0.2, 0) is 16.4 Å². The van der Waals surface area contributed by atoms with Gasteiger partial charge < -0.3 is 10.2 Å². The zero-order valence-electron chi connectivity index (χ0n) is 29.3. The van der Waals surface area contributed by atoms with Crippen molar-refractivity contribution in [2.45, 2.75) is 94.0 Å². The number of thiophene rings is 1. The Hall–Kier alpha value is -3.40. The molecule has 0 unspecified atom stereocenters. The minimum atomic E-state index is -3.81. The largest absolute Gasteiger partial charge is 0.393 e. The lowest BCUT2D eigenvalue weighted by Crippen LogP contribution is -2.53. The third-order valence-corrected chi connectivity index (χ3v) is 14.4. The first-order chi connectivity index (χ1) is 24.0. The Kier molecular flexibility index (Phi) is 11.0. The molecule has 3 aliphatic rings. The molecule has 1 fully saturated rings. The Balaban J connectivity index is 1.48. The molecule has 8 heteroatoms. The topological polar surface area (TPSA) is 94.9 Å². The van der Waals surface area contributed by atoms with Gasteiger partial charge in [-0.05, 0) is 104 Å². The Labute approximate surface area is 301 Å². The predicted molar refractivity (Wildman–Crippen MR) is 202 cm³/mol. The molecular formula is C42H49NO5S2. The zero-order valence-corrected chi connectivity index (χ0v) is 31.0. The van der Waals surface area contributed by atoms with E-state index in [2.05, 4.69) is 19.9 Å². The molecule has 3 aromatic carbocycles. The number of hydrogen-bond acceptors (Lipinski definition) is 6. The van der Waals surface area contributed by atoms with E-state index in [1.54, 1.807) is 17.5 Å². The molecular weight excluding hydrogens is 663 g/mol. The van der Waals surface area contributed by atoms with E-state index in [4.69, 9.17) is 0 Å². The monoisotopic (exact) mass is 711 g/mol. The van der Waals surface area contributed by atoms with E-state index in [0.29, 0.717) is 62.6 Å². The molecule has 6 nitrogen and oxygen atoms in total. The molecule has 0 radical (unpaired) electrons. The van der Waals surface area contributed by atoms with Gasteiger partial charge in [-0.25, -0.2) is 8.42 Å². The Morgan fingerprint density at radius 2 is 1.72 bits per heavy atom. The van der Waals surface area contributed by atoms with Crippen LogP contribution >= 0.6 is 11.3 Å². The van der Waals surface area contributed by atoms with Crippen molar-refractivity contribution >= 4 is 27.1 Å². The molecule has 4 atom stereocenters. The molecule has 50 heavy (non-hydrogen) atoms. The SMILES string of the molecule is CCCN(C[C@]1(O)CC[C@H]2c3ccc(cc3C(=O)c3ccccc3-c3ccccc3)C[C@@H](O)CCC(C)=CCC[C@@]21C)S(=O)(=O)c1cccs1. The lowest BCUT2D eigenvalue weighted by molar-refractivity contribution is -0.0723. The number of aliphatic hydroxyl groups excluding tert-OH is 1. The van der Waals surface area contributed by atoms with Crippen molar-refractivity contribution in [2.24, 2.45) is 5.41 Å². The number of hydrogen-bond donors (Lipinski definition) is 2. The van der Waals surface area contributed by atoms with Gasteiger partial charge in [0.2, 0.25) is 0 Å². The Morgan fingerprint density at radius 1 is 0.960 bits per heavy atom. The van der Waals surface area contributed by atoms with Gasteiger partial charge in [0.25, 0.3) is 10.0 Å². The van der Waals surface area contributed by atoms with Gasteiger partial charge in [-0.1, -0.05) is 98.3 Å². The summed E-state index contributed by atoms with van der Waals surface area (Å²) in [7, 11) is -3.81. The molecule has 7 rings (SSSR count). The number of nitrogens with zero attached hydrogens (tertiary/aromatic N) is 1. The van der Waals surface area contributed by atoms with Crippen LogP contribution in [0.5, 0.6) is 0 Å². The fraction of sp³-hybridized carbons (Fsp3) is 0.405. The van der Waals surface area contributed by atoms with E-state index >= 15 is 0 Å². The summed E-state index contributed by atoms with van der Waals surface area (Å²) in [4.78, 5) is 14.9. The van der Waals surface area contributed by atoms with Crippen molar-refractivity contribution in [3.05, 3.63) is 124 Å². The van der Waals surface area contributed by atoms with Crippen LogP contribution < -0.4 is 0 Å². The fourth-order valence-electron chi connectivity index (χ4n) is 8.26. The summed E-state index contributed by atoms with van der Waals surface area (Å²) in [5, 5.41) is 25.7. The second-order valence-electron chi connectivity index (χ2n) is 14.5. The highest BCUT2D eigenvalue weighted by molar-refractivity contribution is 7.91. The van der Waals surface area contributed by atoms with Gasteiger partial charge in [0.15, 0.2) is 5.78 Å². The number of carbonyl (C=O) groups is 1. The molecule has 3 aliphatic carbocycles. The maximum absolute atomic E-state index is 14.9. The van der Waals surface area contributed by atoms with Crippen molar-refractivity contribution in [2.75, 3.05) is 13.1 Å². The van der Waals surface area contributed by atoms with Gasteiger partial charge in [-0.2, -0.15) is 4.31 Å². The molecule has 2 N–H and O–H groups in total. The van der Waals surface area contributed by atoms with Crippen molar-refractivity contribution in [3.63, 3.8) is 0 Å². The number of fused-ring (bicyclic) bond motifs is 8. The molecule has 4 aromatic rings. The quantitative estimate of drug-likeness (QED) is 0.134. The van der Waals surface area contributed by atoms with E-state index in [1.807, 2.05) is 79.7 Å². The van der Waals surface area contributed by atoms with Gasteiger partial charge >= 0.3 is 0 Å². The molecule has 1 heterocycles. The molecule has 1 saturated carbocycles. The van der Waals surface area contributed by atoms with Crippen LogP contribution in [0.15, 0.2) is 106 Å². The molecule has 0 spiro atoms. The highest BCUT2D eigenvalue weighted by atomic mass is 32.2. The highest BCUT2D eigenvalue weighted by Gasteiger charge is 2.58. The molecule has 264 valence electrons. The Morgan fingerprint density at radius 3 is 2.46 bits per heavy atom. The van der Waals surface area contributed by atoms with E-state index in [0.717, 1.165) is 28.7 Å². The van der Waals surface area contributed by atoms with Crippen LogP contribution in [0.1, 0.15) is 98.7 Å². The summed E-state index contributed by atoms with van der Waals surface area (Å²) in [6.07, 6.45) is 6.41. The van der Waals surface area contributed by atoms with Gasteiger partial charge in [0.1, 0.15) is 4.21 Å². The highest BCUT2D eigenvalue weighted by Crippen LogP contribution is 2.59. The number of benzene rings is 3. The van der Waals surface area contributed by atoms with E-state index in [9.17, 15) is 23.4 Å². The Bertz CT molecular complexity index is 1940. The number of aliphatic hydroxyl groups is 2. The molecule has 0 aliphatic heterocycles. The third kappa shape index (κ3) is 7.19. The van der Waals surface area contributed by atoms with Gasteiger partial charge in [-0.3, -0.25) is 4.79 Å². The second kappa shape index (κ2) is 15.1. The summed E-state index contributed by atoms with van der Waals surface area (Å²) in [6, 6.07) is 27.0. The molecule has 0 saturated heterocycles. The summed E-state index contributed by atoms with van der Waals surface area (Å²) in [5.41, 5.74) is 3.86. The standard InChI is InChI=1S/C42H49NO5S2/c1-4-25-43(50(47,48)39-17-11-26-49-39)29-42(46)24-22-38-35-21-19-31(27-33(44)20-18-30(2)12-10-23-41(38,42)3)28-37(35)40(45)36-16-9-8-15-34(36)32-13-6-5-7-14-32/h5-9,11-17,19,21,26,28,33,38,44,46H,4,10,18,20,22-25,27,29H2,1-3H3/t33-,38-,41-,42+/m0/s1. The van der Waals surface area contributed by atoms with Crippen molar-refractivity contribution < 1.29 is 23.4 Å². The predicted octanol–water partition coefficient (Wildman–Crippen LogP) is 8.79. The van der Waals surface area contributed by atoms with Crippen molar-refractivity contribution in [3.8, 4) is 11.1 Å². The normalized spacial score (nSPS) is 24.5. The van der Waals surface area contributed by atoms with Crippen LogP contribution in [0.3, 0.4) is 0 Å². The summed E-state index contributed by atoms with van der Waals surface area (Å²) in [6.45, 7) is 6.44. The third-order valence-electron chi connectivity index (χ3n) is 11.2. The number of sulfonamides is 1. The maximum atomic E-state index is 14.9. The second-order valence-corrected chi connectivity index (χ2v) is 17.6. The lowest BCUT2D eigenvalue weighted by atomic mass is 9.64. The van der Waals surface area contributed by atoms with Crippen molar-refractivity contribution in [1.29, 1.82) is 0 Å². The van der Waals surface area contributed by atoms with Crippen LogP contribution in [0.2, 0.25) is 0 Å². The van der Waals surface area contributed by atoms with Crippen LogP contribution in [-0.4, -0.2) is 53.5 Å². The van der Waals surface area contributed by atoms with Crippen LogP contribution in [0, 0.1) is 5.41 Å². The van der Waals surface area contributed by atoms with E-state index in [1.165, 1.54) is 21.2 Å². The number of rotatable bonds is 9. The van der Waals surface area contributed by atoms with Gasteiger partial charge in [0, 0.05) is 29.6 Å². The minimum Gasteiger partial charge on any atom is -0.393 e.